The van der Waals surface area contributed by atoms with Gasteiger partial charge < -0.3 is 24.8 Å². The van der Waals surface area contributed by atoms with Crippen LogP contribution in [0.5, 0.6) is 11.5 Å². The Hall–Kier alpha value is -4.14. The number of halogens is 2. The summed E-state index contributed by atoms with van der Waals surface area (Å²) in [7, 11) is 0. The summed E-state index contributed by atoms with van der Waals surface area (Å²) in [6, 6.07) is 17.0. The average Bonchev–Trinajstić information content (AvgIpc) is 2.98. The van der Waals surface area contributed by atoms with Crippen LogP contribution in [0.3, 0.4) is 0 Å². The highest BCUT2D eigenvalue weighted by Gasteiger charge is 2.21. The molecular formula is C34H42F2N2O5. The van der Waals surface area contributed by atoms with Gasteiger partial charge in [-0.05, 0) is 59.9 Å². The van der Waals surface area contributed by atoms with Gasteiger partial charge in [-0.15, -0.1) is 0 Å². The molecule has 0 aliphatic rings. The standard InChI is InChI=1S/C34H42F2N2O5/c1-4-5-6-7-8-19-38(34(41)37-31-18-13-27(35)23-30(31)36)20-21-42-28-14-9-25(10-15-28)22-32(33(39)40)43-29-16-11-26(12-17-29)24(2)3/h9-18,23-24,32H,4-8,19-22H2,1-3H3,(H,37,41)(H,39,40). The first kappa shape index (κ1) is 33.4. The summed E-state index contributed by atoms with van der Waals surface area (Å²) in [6.45, 7) is 7.23. The van der Waals surface area contributed by atoms with Gasteiger partial charge in [-0.25, -0.2) is 18.4 Å². The molecule has 9 heteroatoms. The van der Waals surface area contributed by atoms with Gasteiger partial charge in [-0.1, -0.05) is 70.7 Å². The zero-order chi connectivity index (χ0) is 31.2. The maximum absolute atomic E-state index is 14.1. The second-order valence-electron chi connectivity index (χ2n) is 10.8. The SMILES string of the molecule is CCCCCCCN(CCOc1ccc(CC(Oc2ccc(C(C)C)cc2)C(=O)O)cc1)C(=O)Nc1ccc(F)cc1F. The van der Waals surface area contributed by atoms with E-state index in [1.807, 2.05) is 12.1 Å². The van der Waals surface area contributed by atoms with Gasteiger partial charge in [0.2, 0.25) is 0 Å². The first-order valence-electron chi connectivity index (χ1n) is 14.9. The molecule has 3 rings (SSSR count). The van der Waals surface area contributed by atoms with Crippen LogP contribution >= 0.6 is 0 Å². The zero-order valence-electron chi connectivity index (χ0n) is 25.2. The normalized spacial score (nSPS) is 11.7. The molecule has 2 amide bonds. The highest BCUT2D eigenvalue weighted by molar-refractivity contribution is 5.89. The van der Waals surface area contributed by atoms with E-state index in [0.717, 1.165) is 55.4 Å². The van der Waals surface area contributed by atoms with Gasteiger partial charge in [-0.2, -0.15) is 0 Å². The molecule has 0 saturated carbocycles. The van der Waals surface area contributed by atoms with Crippen LogP contribution in [0.15, 0.2) is 66.7 Å². The van der Waals surface area contributed by atoms with Crippen LogP contribution in [-0.2, 0) is 11.2 Å². The quantitative estimate of drug-likeness (QED) is 0.154. The fraction of sp³-hybridized carbons (Fsp3) is 0.412. The van der Waals surface area contributed by atoms with Crippen molar-refractivity contribution in [3.05, 3.63) is 89.5 Å². The Kier molecular flexibility index (Phi) is 13.3. The number of carboxylic acid groups (broad SMARTS) is 1. The maximum atomic E-state index is 14.1. The number of rotatable bonds is 17. The van der Waals surface area contributed by atoms with E-state index in [0.29, 0.717) is 24.0 Å². The van der Waals surface area contributed by atoms with Crippen LogP contribution in [0, 0.1) is 11.6 Å². The summed E-state index contributed by atoms with van der Waals surface area (Å²) in [4.78, 5) is 26.4. The van der Waals surface area contributed by atoms with E-state index in [-0.39, 0.29) is 25.3 Å². The van der Waals surface area contributed by atoms with Crippen LogP contribution in [0.2, 0.25) is 0 Å². The summed E-state index contributed by atoms with van der Waals surface area (Å²) in [5.74, 6) is -1.18. The fourth-order valence-electron chi connectivity index (χ4n) is 4.49. The lowest BCUT2D eigenvalue weighted by molar-refractivity contribution is -0.145. The number of carboxylic acids is 1. The average molecular weight is 597 g/mol. The van der Waals surface area contributed by atoms with Gasteiger partial charge in [-0.3, -0.25) is 0 Å². The highest BCUT2D eigenvalue weighted by atomic mass is 19.1. The monoisotopic (exact) mass is 596 g/mol. The van der Waals surface area contributed by atoms with Crippen molar-refractivity contribution in [1.29, 1.82) is 0 Å². The minimum Gasteiger partial charge on any atom is -0.492 e. The smallest absolute Gasteiger partial charge is 0.345 e. The summed E-state index contributed by atoms with van der Waals surface area (Å²) in [5.41, 5.74) is 1.83. The van der Waals surface area contributed by atoms with Crippen LogP contribution in [0.4, 0.5) is 19.3 Å². The van der Waals surface area contributed by atoms with E-state index in [4.69, 9.17) is 9.47 Å². The van der Waals surface area contributed by atoms with Crippen LogP contribution in [-0.4, -0.2) is 47.8 Å². The number of aliphatic carboxylic acids is 1. The van der Waals surface area contributed by atoms with E-state index >= 15 is 0 Å². The molecule has 0 aliphatic heterocycles. The lowest BCUT2D eigenvalue weighted by Gasteiger charge is -2.23. The predicted molar refractivity (Wildman–Crippen MR) is 164 cm³/mol. The first-order chi connectivity index (χ1) is 20.7. The summed E-state index contributed by atoms with van der Waals surface area (Å²) in [6.07, 6.45) is 4.19. The van der Waals surface area contributed by atoms with Crippen molar-refractivity contribution in [2.45, 2.75) is 71.3 Å². The zero-order valence-corrected chi connectivity index (χ0v) is 25.2. The van der Waals surface area contributed by atoms with Crippen LogP contribution in [0.25, 0.3) is 0 Å². The molecule has 1 unspecified atom stereocenters. The lowest BCUT2D eigenvalue weighted by atomic mass is 10.0. The molecule has 0 aliphatic carbocycles. The van der Waals surface area contributed by atoms with Crippen molar-refractivity contribution in [3.8, 4) is 11.5 Å². The number of amides is 2. The molecule has 2 N–H and O–H groups in total. The van der Waals surface area contributed by atoms with Gasteiger partial charge in [0.1, 0.15) is 29.7 Å². The number of ether oxygens (including phenoxy) is 2. The highest BCUT2D eigenvalue weighted by Crippen LogP contribution is 2.21. The largest absolute Gasteiger partial charge is 0.492 e. The minimum atomic E-state index is -1.05. The molecule has 3 aromatic rings. The molecule has 3 aromatic carbocycles. The molecule has 0 heterocycles. The number of carbonyl (C=O) groups is 2. The van der Waals surface area contributed by atoms with Gasteiger partial charge in [0, 0.05) is 19.0 Å². The molecule has 0 fully saturated rings. The van der Waals surface area contributed by atoms with Crippen molar-refractivity contribution < 1.29 is 33.0 Å². The Morgan fingerprint density at radius 2 is 1.56 bits per heavy atom. The molecule has 43 heavy (non-hydrogen) atoms. The van der Waals surface area contributed by atoms with Gasteiger partial charge in [0.05, 0.1) is 12.2 Å². The molecule has 7 nitrogen and oxygen atoms in total. The van der Waals surface area contributed by atoms with E-state index < -0.39 is 29.7 Å². The van der Waals surface area contributed by atoms with Crippen molar-refractivity contribution in [1.82, 2.24) is 4.90 Å². The lowest BCUT2D eigenvalue weighted by Crippen LogP contribution is -2.38. The Bertz CT molecular complexity index is 1300. The van der Waals surface area contributed by atoms with E-state index in [2.05, 4.69) is 26.1 Å². The first-order valence-corrected chi connectivity index (χ1v) is 14.9. The number of nitrogens with zero attached hydrogens (tertiary/aromatic N) is 1. The van der Waals surface area contributed by atoms with Gasteiger partial charge in [0.25, 0.3) is 0 Å². The summed E-state index contributed by atoms with van der Waals surface area (Å²) in [5, 5.41) is 12.2. The van der Waals surface area contributed by atoms with Crippen molar-refractivity contribution >= 4 is 17.7 Å². The van der Waals surface area contributed by atoms with E-state index in [1.54, 1.807) is 41.3 Å². The van der Waals surface area contributed by atoms with E-state index in [1.165, 1.54) is 6.07 Å². The number of benzene rings is 3. The number of hydrogen-bond donors (Lipinski definition) is 2. The molecule has 0 bridgehead atoms. The minimum absolute atomic E-state index is 0.0879. The second kappa shape index (κ2) is 17.1. The Morgan fingerprint density at radius 3 is 2.19 bits per heavy atom. The molecule has 0 spiro atoms. The molecule has 0 saturated heterocycles. The van der Waals surface area contributed by atoms with Gasteiger partial charge in [0.15, 0.2) is 6.10 Å². The molecular weight excluding hydrogens is 554 g/mol. The maximum Gasteiger partial charge on any atom is 0.345 e. The number of hydrogen-bond acceptors (Lipinski definition) is 4. The third-order valence-corrected chi connectivity index (χ3v) is 7.07. The number of nitrogens with one attached hydrogen (secondary N) is 1. The molecule has 1 atom stereocenters. The molecule has 0 aromatic heterocycles. The fourth-order valence-corrected chi connectivity index (χ4v) is 4.49. The number of urea groups is 1. The topological polar surface area (TPSA) is 88.1 Å². The summed E-state index contributed by atoms with van der Waals surface area (Å²) < 4.78 is 39.0. The molecule has 232 valence electrons. The third kappa shape index (κ3) is 11.2. The Balaban J connectivity index is 1.55. The Labute approximate surface area is 252 Å². The molecule has 0 radical (unpaired) electrons. The Morgan fingerprint density at radius 1 is 0.884 bits per heavy atom. The van der Waals surface area contributed by atoms with Crippen LogP contribution < -0.4 is 14.8 Å². The van der Waals surface area contributed by atoms with Crippen molar-refractivity contribution in [3.63, 3.8) is 0 Å². The number of unbranched alkanes of at least 4 members (excludes halogenated alkanes) is 4. The van der Waals surface area contributed by atoms with Gasteiger partial charge >= 0.3 is 12.0 Å². The van der Waals surface area contributed by atoms with E-state index in [9.17, 15) is 23.5 Å². The predicted octanol–water partition coefficient (Wildman–Crippen LogP) is 8.05. The number of carbonyl (C=O) groups excluding carboxylic acids is 1. The number of anilines is 1. The summed E-state index contributed by atoms with van der Waals surface area (Å²) >= 11 is 0. The van der Waals surface area contributed by atoms with Crippen molar-refractivity contribution in [2.75, 3.05) is 25.0 Å². The van der Waals surface area contributed by atoms with Crippen LogP contribution in [0.1, 0.15) is 69.9 Å². The second-order valence-corrected chi connectivity index (χ2v) is 10.8. The van der Waals surface area contributed by atoms with Crippen molar-refractivity contribution in [2.24, 2.45) is 0 Å². The third-order valence-electron chi connectivity index (χ3n) is 7.07.